The van der Waals surface area contributed by atoms with Gasteiger partial charge in [-0.15, -0.1) is 0 Å². The molecule has 36 heavy (non-hydrogen) atoms. The molecule has 0 fully saturated rings. The standard InChI is InChI=1S/C27H36N4O5/c1-17(2)31-15-18(3)22(16-30(7)26(34)36-27(4,5)6)35-23-20(9-8-10-21(23)25(31)33)24(32)29-19-11-13-28-14-12-19/h8-14,17-18,22H,15-16H2,1-7H3,(H,28,29,32)/t18-,22+/m0/s1. The van der Waals surface area contributed by atoms with E-state index in [4.69, 9.17) is 9.47 Å². The summed E-state index contributed by atoms with van der Waals surface area (Å²) in [5, 5.41) is 2.84. The van der Waals surface area contributed by atoms with Gasteiger partial charge in [0.25, 0.3) is 11.8 Å². The molecule has 0 spiro atoms. The van der Waals surface area contributed by atoms with Crippen molar-refractivity contribution in [1.82, 2.24) is 14.8 Å². The lowest BCUT2D eigenvalue weighted by Crippen LogP contribution is -2.49. The molecule has 0 radical (unpaired) electrons. The summed E-state index contributed by atoms with van der Waals surface area (Å²) in [5.41, 5.74) is 0.483. The van der Waals surface area contributed by atoms with Crippen LogP contribution in [0.5, 0.6) is 5.75 Å². The van der Waals surface area contributed by atoms with E-state index in [9.17, 15) is 14.4 Å². The predicted octanol–water partition coefficient (Wildman–Crippen LogP) is 4.45. The largest absolute Gasteiger partial charge is 0.487 e. The zero-order valence-electron chi connectivity index (χ0n) is 22.1. The third kappa shape index (κ3) is 6.53. The highest BCUT2D eigenvalue weighted by atomic mass is 16.6. The number of aromatic nitrogens is 1. The van der Waals surface area contributed by atoms with Crippen molar-refractivity contribution < 1.29 is 23.9 Å². The van der Waals surface area contributed by atoms with Crippen molar-refractivity contribution in [2.45, 2.75) is 59.3 Å². The van der Waals surface area contributed by atoms with E-state index in [0.29, 0.717) is 17.8 Å². The summed E-state index contributed by atoms with van der Waals surface area (Å²) in [5.74, 6) is -0.543. The second-order valence-electron chi connectivity index (χ2n) is 10.4. The molecule has 9 heteroatoms. The van der Waals surface area contributed by atoms with Crippen LogP contribution in [0.3, 0.4) is 0 Å². The first-order chi connectivity index (χ1) is 16.9. The van der Waals surface area contributed by atoms with Gasteiger partial charge in [0.2, 0.25) is 0 Å². The van der Waals surface area contributed by atoms with E-state index in [1.807, 2.05) is 41.5 Å². The molecule has 1 aliphatic heterocycles. The Labute approximate surface area is 212 Å². The van der Waals surface area contributed by atoms with Gasteiger partial charge in [-0.25, -0.2) is 4.79 Å². The quantitative estimate of drug-likeness (QED) is 0.656. The first-order valence-electron chi connectivity index (χ1n) is 12.1. The third-order valence-corrected chi connectivity index (χ3v) is 5.86. The van der Waals surface area contributed by atoms with Crippen LogP contribution in [0.1, 0.15) is 62.3 Å². The van der Waals surface area contributed by atoms with Crippen LogP contribution >= 0.6 is 0 Å². The lowest BCUT2D eigenvalue weighted by Gasteiger charge is -2.38. The predicted molar refractivity (Wildman–Crippen MR) is 137 cm³/mol. The van der Waals surface area contributed by atoms with Gasteiger partial charge in [0.15, 0.2) is 0 Å². The number of likely N-dealkylation sites (N-methyl/N-ethyl adjacent to an activating group) is 1. The summed E-state index contributed by atoms with van der Waals surface area (Å²) in [6, 6.07) is 8.26. The van der Waals surface area contributed by atoms with Crippen molar-refractivity contribution in [2.75, 3.05) is 25.5 Å². The van der Waals surface area contributed by atoms with Crippen LogP contribution in [0.15, 0.2) is 42.7 Å². The number of amides is 3. The number of ether oxygens (including phenoxy) is 2. The number of fused-ring (bicyclic) bond motifs is 1. The highest BCUT2D eigenvalue weighted by Gasteiger charge is 2.35. The minimum absolute atomic E-state index is 0.0653. The molecule has 1 N–H and O–H groups in total. The van der Waals surface area contributed by atoms with Crippen LogP contribution in [-0.2, 0) is 4.74 Å². The smallest absolute Gasteiger partial charge is 0.410 e. The highest BCUT2D eigenvalue weighted by Crippen LogP contribution is 2.32. The average Bonchev–Trinajstić information content (AvgIpc) is 2.80. The molecule has 3 amide bonds. The van der Waals surface area contributed by atoms with Crippen LogP contribution < -0.4 is 10.1 Å². The molecule has 1 aromatic carbocycles. The lowest BCUT2D eigenvalue weighted by atomic mass is 9.98. The number of pyridine rings is 1. The fraction of sp³-hybridized carbons (Fsp3) is 0.481. The number of benzene rings is 1. The maximum absolute atomic E-state index is 13.5. The topological polar surface area (TPSA) is 101 Å². The molecule has 2 atom stereocenters. The van der Waals surface area contributed by atoms with Crippen LogP contribution in [0, 0.1) is 5.92 Å². The molecule has 1 aromatic heterocycles. The minimum Gasteiger partial charge on any atom is -0.487 e. The maximum Gasteiger partial charge on any atom is 0.410 e. The molecular weight excluding hydrogens is 460 g/mol. The normalized spacial score (nSPS) is 18.0. The lowest BCUT2D eigenvalue weighted by molar-refractivity contribution is 0.0128. The Bertz CT molecular complexity index is 1100. The third-order valence-electron chi connectivity index (χ3n) is 5.86. The van der Waals surface area contributed by atoms with E-state index in [1.165, 1.54) is 4.90 Å². The molecule has 0 aliphatic carbocycles. The number of hydrogen-bond acceptors (Lipinski definition) is 6. The number of carbonyl (C=O) groups excluding carboxylic acids is 3. The number of carbonyl (C=O) groups is 3. The van der Waals surface area contributed by atoms with Gasteiger partial charge < -0.3 is 24.6 Å². The van der Waals surface area contributed by atoms with Crippen molar-refractivity contribution in [1.29, 1.82) is 0 Å². The van der Waals surface area contributed by atoms with Gasteiger partial charge in [-0.3, -0.25) is 14.6 Å². The molecule has 194 valence electrons. The summed E-state index contributed by atoms with van der Waals surface area (Å²) in [6.45, 7) is 12.0. The number of para-hydroxylation sites is 1. The molecule has 2 heterocycles. The zero-order valence-corrected chi connectivity index (χ0v) is 22.1. The highest BCUT2D eigenvalue weighted by molar-refractivity contribution is 6.09. The van der Waals surface area contributed by atoms with Gasteiger partial charge in [0, 0.05) is 43.6 Å². The molecule has 1 aliphatic rings. The Balaban J connectivity index is 1.99. The van der Waals surface area contributed by atoms with Gasteiger partial charge in [0.1, 0.15) is 17.5 Å². The first kappa shape index (κ1) is 27.0. The Morgan fingerprint density at radius 1 is 1.22 bits per heavy atom. The van der Waals surface area contributed by atoms with Crippen LogP contribution in [-0.4, -0.2) is 70.6 Å². The van der Waals surface area contributed by atoms with E-state index in [0.717, 1.165) is 0 Å². The molecule has 0 bridgehead atoms. The van der Waals surface area contributed by atoms with Crippen molar-refractivity contribution in [2.24, 2.45) is 5.92 Å². The molecular formula is C27H36N4O5. The Kier molecular flexibility index (Phi) is 8.22. The van der Waals surface area contributed by atoms with E-state index < -0.39 is 23.7 Å². The fourth-order valence-corrected chi connectivity index (χ4v) is 3.92. The number of hydrogen-bond donors (Lipinski definition) is 1. The van der Waals surface area contributed by atoms with Gasteiger partial charge in [0.05, 0.1) is 17.7 Å². The summed E-state index contributed by atoms with van der Waals surface area (Å²) in [6.07, 6.45) is 2.19. The second-order valence-corrected chi connectivity index (χ2v) is 10.4. The van der Waals surface area contributed by atoms with Crippen molar-refractivity contribution >= 4 is 23.6 Å². The minimum atomic E-state index is -0.634. The SMILES string of the molecule is CC(C)N1C[C@H](C)[C@@H](CN(C)C(=O)OC(C)(C)C)Oc2c(C(=O)Nc3ccncc3)cccc2C1=O. The molecule has 0 saturated carbocycles. The summed E-state index contributed by atoms with van der Waals surface area (Å²) in [7, 11) is 1.65. The molecule has 3 rings (SSSR count). The summed E-state index contributed by atoms with van der Waals surface area (Å²) in [4.78, 5) is 46.7. The van der Waals surface area contributed by atoms with Crippen LogP contribution in [0.25, 0.3) is 0 Å². The van der Waals surface area contributed by atoms with Crippen molar-refractivity contribution in [3.05, 3.63) is 53.9 Å². The van der Waals surface area contributed by atoms with Crippen LogP contribution in [0.2, 0.25) is 0 Å². The first-order valence-corrected chi connectivity index (χ1v) is 12.1. The van der Waals surface area contributed by atoms with Gasteiger partial charge >= 0.3 is 6.09 Å². The average molecular weight is 497 g/mol. The maximum atomic E-state index is 13.5. The zero-order chi connectivity index (χ0) is 26.6. The fourth-order valence-electron chi connectivity index (χ4n) is 3.92. The number of nitrogens with zero attached hydrogens (tertiary/aromatic N) is 3. The number of anilines is 1. The van der Waals surface area contributed by atoms with Crippen molar-refractivity contribution in [3.8, 4) is 5.75 Å². The van der Waals surface area contributed by atoms with E-state index in [1.54, 1.807) is 54.7 Å². The number of nitrogens with one attached hydrogen (secondary N) is 1. The Morgan fingerprint density at radius 2 is 1.89 bits per heavy atom. The van der Waals surface area contributed by atoms with Crippen LogP contribution in [0.4, 0.5) is 10.5 Å². The second kappa shape index (κ2) is 11.0. The van der Waals surface area contributed by atoms with E-state index >= 15 is 0 Å². The van der Waals surface area contributed by atoms with Crippen molar-refractivity contribution in [3.63, 3.8) is 0 Å². The Hall–Kier alpha value is -3.62. The molecule has 0 unspecified atom stereocenters. The van der Waals surface area contributed by atoms with Gasteiger partial charge in [-0.2, -0.15) is 0 Å². The van der Waals surface area contributed by atoms with E-state index in [2.05, 4.69) is 10.3 Å². The van der Waals surface area contributed by atoms with Gasteiger partial charge in [-0.05, 0) is 58.9 Å². The molecule has 2 aromatic rings. The summed E-state index contributed by atoms with van der Waals surface area (Å²) >= 11 is 0. The monoisotopic (exact) mass is 496 g/mol. The molecule has 0 saturated heterocycles. The number of rotatable bonds is 5. The van der Waals surface area contributed by atoms with Gasteiger partial charge in [-0.1, -0.05) is 13.0 Å². The molecule has 9 nitrogen and oxygen atoms in total. The van der Waals surface area contributed by atoms with E-state index in [-0.39, 0.29) is 35.7 Å². The summed E-state index contributed by atoms with van der Waals surface area (Å²) < 4.78 is 11.9. The Morgan fingerprint density at radius 3 is 2.50 bits per heavy atom.